The highest BCUT2D eigenvalue weighted by Gasteiger charge is 1.96. The van der Waals surface area contributed by atoms with Crippen LogP contribution in [0, 0.1) is 111 Å². The van der Waals surface area contributed by atoms with Crippen LogP contribution in [-0.4, -0.2) is 149 Å². The van der Waals surface area contributed by atoms with Crippen molar-refractivity contribution in [2.24, 2.45) is 75.9 Å². The molecule has 119 heavy (non-hydrogen) atoms. The molecule has 0 atom stereocenters. The molecule has 638 valence electrons. The predicted octanol–water partition coefficient (Wildman–Crippen LogP) is 18.4. The van der Waals surface area contributed by atoms with Gasteiger partial charge in [0.2, 0.25) is 5.89 Å². The van der Waals surface area contributed by atoms with E-state index < -0.39 is 0 Å². The minimum absolute atomic E-state index is 0.623. The molecule has 0 fully saturated rings. The van der Waals surface area contributed by atoms with Crippen LogP contribution in [0.2, 0.25) is 0 Å². The van der Waals surface area contributed by atoms with Gasteiger partial charge in [-0.05, 0) is 205 Å². The molecular weight excluding hydrogens is 1520 g/mol. The van der Waals surface area contributed by atoms with Crippen LogP contribution in [0.3, 0.4) is 0 Å². The summed E-state index contributed by atoms with van der Waals surface area (Å²) >= 11 is 1.69. The van der Waals surface area contributed by atoms with Crippen LogP contribution in [0.15, 0.2) is 252 Å². The molecule has 0 spiro atoms. The minimum Gasteiger partial charge on any atom is -0.470 e. The third kappa shape index (κ3) is 61.0. The van der Waals surface area contributed by atoms with Crippen LogP contribution < -0.4 is 0 Å². The van der Waals surface area contributed by atoms with E-state index in [1.54, 1.807) is 99.9 Å². The first-order valence-corrected chi connectivity index (χ1v) is 38.8. The van der Waals surface area contributed by atoms with Crippen LogP contribution in [0.1, 0.15) is 152 Å². The van der Waals surface area contributed by atoms with Gasteiger partial charge in [0, 0.05) is 169 Å². The van der Waals surface area contributed by atoms with E-state index in [1.165, 1.54) is 28.8 Å². The zero-order chi connectivity index (χ0) is 88.6. The van der Waals surface area contributed by atoms with E-state index >= 15 is 0 Å². The third-order valence-corrected chi connectivity index (χ3v) is 14.9. The molecule has 17 heterocycles. The molecule has 0 aromatic carbocycles. The number of aromatic nitrogens is 21. The van der Waals surface area contributed by atoms with Crippen molar-refractivity contribution < 1.29 is 18.0 Å². The fraction of sp³-hybridized carbons (Fsp3) is 0.388. The van der Waals surface area contributed by atoms with E-state index in [9.17, 15) is 0 Å². The highest BCUT2D eigenvalue weighted by atomic mass is 32.1. The number of hydrogen-bond acceptors (Lipinski definition) is 29. The zero-order valence-electron chi connectivity index (χ0n) is 74.6. The number of hydrogen-bond donors (Lipinski definition) is 0. The van der Waals surface area contributed by atoms with Gasteiger partial charge in [-0.25, -0.2) is 9.97 Å². The molecule has 12 aromatic heterocycles. The van der Waals surface area contributed by atoms with Crippen molar-refractivity contribution in [1.82, 2.24) is 105 Å². The molecule has 0 amide bonds. The normalized spacial score (nSPS) is 12.1. The Balaban J connectivity index is 0.000000630. The van der Waals surface area contributed by atoms with Gasteiger partial charge < -0.3 is 18.0 Å². The Morgan fingerprint density at radius 1 is 0.513 bits per heavy atom. The topological polar surface area (TPSA) is 382 Å². The molecule has 0 saturated heterocycles. The summed E-state index contributed by atoms with van der Waals surface area (Å²) in [6.45, 7) is 45.1. The summed E-state index contributed by atoms with van der Waals surface area (Å²) in [6, 6.07) is 17.4. The maximum atomic E-state index is 4.83. The molecule has 12 aromatic rings. The molecule has 33 nitrogen and oxygen atoms in total. The van der Waals surface area contributed by atoms with Crippen molar-refractivity contribution in [3.05, 3.63) is 284 Å². The van der Waals surface area contributed by atoms with E-state index in [4.69, 9.17) is 13.5 Å². The van der Waals surface area contributed by atoms with Crippen molar-refractivity contribution in [3.63, 3.8) is 0 Å². The molecular formula is C85H123N29O4S. The van der Waals surface area contributed by atoms with E-state index in [2.05, 4.69) is 182 Å². The third-order valence-electron chi connectivity index (χ3n) is 14.0. The number of thiazole rings is 1. The number of aliphatic imine (C=N–C) groups is 3. The number of azo groups is 1. The van der Waals surface area contributed by atoms with Crippen LogP contribution in [-0.2, 0) is 35.2 Å². The summed E-state index contributed by atoms with van der Waals surface area (Å²) in [5.41, 5.74) is 16.6. The van der Waals surface area contributed by atoms with Gasteiger partial charge in [-0.3, -0.25) is 53.3 Å². The lowest BCUT2D eigenvalue weighted by molar-refractivity contribution is 0.389. The monoisotopic (exact) mass is 1650 g/mol. The van der Waals surface area contributed by atoms with Crippen molar-refractivity contribution in [1.29, 1.82) is 0 Å². The Morgan fingerprint density at radius 3 is 1.34 bits per heavy atom. The molecule has 6 aliphatic rings. The lowest BCUT2D eigenvalue weighted by Gasteiger charge is -1.87. The Bertz CT molecular complexity index is 4240. The van der Waals surface area contributed by atoms with E-state index in [1.807, 2.05) is 250 Å². The molecule has 1 aliphatic carbocycles. The van der Waals surface area contributed by atoms with Gasteiger partial charge in [0.15, 0.2) is 5.82 Å². The summed E-state index contributed by atoms with van der Waals surface area (Å²) < 4.78 is 27.6. The maximum absolute atomic E-state index is 4.83. The quantitative estimate of drug-likeness (QED) is 0.136. The minimum atomic E-state index is 0.623. The molecule has 5 aliphatic heterocycles. The van der Waals surface area contributed by atoms with Gasteiger partial charge in [-0.1, -0.05) is 74.0 Å². The van der Waals surface area contributed by atoms with Gasteiger partial charge in [0.05, 0.1) is 70.4 Å². The van der Waals surface area contributed by atoms with E-state index in [-0.39, 0.29) is 0 Å². The fourth-order valence-corrected chi connectivity index (χ4v) is 8.40. The van der Waals surface area contributed by atoms with E-state index in [0.29, 0.717) is 18.3 Å². The average molecular weight is 1650 g/mol. The standard InChI is InChI=1S/C6H7N.C6H8.2C5H8N2.C5H6N2.2C5H7NO.C5H7NS.3C5H7N.C5H6O.3C4H7N3.C4H6N2O.C4H6N2.C3H5N3/c1-6-4-2-3-5-7-6;1-6-4-2-3-5-6;1-5-3-4-7(2)6-5;1-5-3-4-6-7(5)2;1-5-4-6-2-3-7-5;2*1-4-3-5(2)7-6-4;1-4-3-7-5(2)6-4;1-5-2-3-6-4-5;3*1-5-3-2-4-6-5;1-4-5-3-7(2)6-4;1-4-3-7(2)6-5-4;1-4-3-5-6-7(4)2;1-3-5-4(2)7-6-3;1-4-2-5-6-3-4;1-3-2-4-6-5-3/h2-5H,1H3;2-4H,5H2,1H3;2*3-4H,1-2H3;2-4H,1H3;3*3H,1-2H3;2,4H,3H2,1H3;2*3-4H,2H2,1H3;2-4H,1H3;3*3H,1-2H3;1-2H3;2H,3H2,1H3;2H2,1H3. The highest BCUT2D eigenvalue weighted by molar-refractivity contribution is 7.09. The summed E-state index contributed by atoms with van der Waals surface area (Å²) in [5, 5.41) is 58.5. The lowest BCUT2D eigenvalue weighted by Crippen LogP contribution is -1.91. The smallest absolute Gasteiger partial charge is 0.223 e. The lowest BCUT2D eigenvalue weighted by atomic mass is 10.3. The molecule has 0 bridgehead atoms. The largest absolute Gasteiger partial charge is 0.470 e. The average Bonchev–Trinajstić information content (AvgIpc) is 1.82. The second kappa shape index (κ2) is 64.1. The number of nitrogens with zero attached hydrogens (tertiary/aromatic N) is 29. The Labute approximate surface area is 705 Å². The number of rotatable bonds is 0. The van der Waals surface area contributed by atoms with Crippen LogP contribution in [0.25, 0.3) is 0 Å². The molecule has 0 radical (unpaired) electrons. The van der Waals surface area contributed by atoms with Crippen molar-refractivity contribution in [2.45, 2.75) is 172 Å². The highest BCUT2D eigenvalue weighted by Crippen LogP contribution is 2.08. The molecule has 34 heteroatoms. The molecule has 0 N–H and O–H groups in total. The first kappa shape index (κ1) is 104. The first-order chi connectivity index (χ1) is 56.7. The number of furan rings is 1. The summed E-state index contributed by atoms with van der Waals surface area (Å²) in [4.78, 5) is 35.4. The predicted molar refractivity (Wildman–Crippen MR) is 474 cm³/mol. The number of aryl methyl sites for hydroxylation is 21. The van der Waals surface area contributed by atoms with Crippen molar-refractivity contribution >= 4 is 35.7 Å². The van der Waals surface area contributed by atoms with Crippen molar-refractivity contribution in [2.75, 3.05) is 19.6 Å². The van der Waals surface area contributed by atoms with Crippen LogP contribution in [0.5, 0.6) is 0 Å². The van der Waals surface area contributed by atoms with Crippen LogP contribution in [0.4, 0.5) is 0 Å². The molecule has 0 saturated carbocycles. The number of pyridine rings is 1. The van der Waals surface area contributed by atoms with Crippen LogP contribution >= 0.6 is 11.3 Å². The van der Waals surface area contributed by atoms with Gasteiger partial charge in [0.25, 0.3) is 0 Å². The summed E-state index contributed by atoms with van der Waals surface area (Å²) in [5.74, 6) is 4.85. The van der Waals surface area contributed by atoms with Gasteiger partial charge in [-0.15, -0.1) is 26.6 Å². The Morgan fingerprint density at radius 2 is 1.19 bits per heavy atom. The van der Waals surface area contributed by atoms with Crippen molar-refractivity contribution in [3.8, 4) is 0 Å². The maximum Gasteiger partial charge on any atom is 0.223 e. The summed E-state index contributed by atoms with van der Waals surface area (Å²) in [6.07, 6.45) is 40.9. The van der Waals surface area contributed by atoms with Gasteiger partial charge in [-0.2, -0.15) is 35.6 Å². The van der Waals surface area contributed by atoms with Gasteiger partial charge >= 0.3 is 0 Å². The molecule has 0 unspecified atom stereocenters. The second-order valence-corrected chi connectivity index (χ2v) is 27.3. The number of allylic oxidation sites excluding steroid dienone is 9. The fourth-order valence-electron chi connectivity index (χ4n) is 7.81. The SMILES string of the molecule is CC1=CC=CC1.CC1=CCC=N1.CC1=CCC=N1.CC1=CCN=C1.CC1=CN=NC1.CC1=NN=NC1.Cc1cc(C)on1.Cc1cc(C)on1.Cc1ccccn1.Cc1ccco1.Cc1ccn(C)n1.Cc1ccnn1C.Cc1cn(C)nn1.Cc1cnccn1.Cc1cnnn1C.Cc1csc(C)n1.Cc1ncn(C)n1.Cc1noc(C)n1. The molecule has 18 rings (SSSR count). The Hall–Kier alpha value is -13.1. The second-order valence-electron chi connectivity index (χ2n) is 26.3. The summed E-state index contributed by atoms with van der Waals surface area (Å²) in [7, 11) is 9.39. The first-order valence-electron chi connectivity index (χ1n) is 37.9. The van der Waals surface area contributed by atoms with Gasteiger partial charge in [0.1, 0.15) is 36.0 Å². The van der Waals surface area contributed by atoms with E-state index in [0.717, 1.165) is 117 Å². The Kier molecular flexibility index (Phi) is 55.9. The zero-order valence-corrected chi connectivity index (χ0v) is 75.4.